The van der Waals surface area contributed by atoms with Crippen molar-refractivity contribution >= 4 is 27.7 Å². The summed E-state index contributed by atoms with van der Waals surface area (Å²) in [7, 11) is 0. The Morgan fingerprint density at radius 1 is 1.22 bits per heavy atom. The van der Waals surface area contributed by atoms with Crippen LogP contribution in [0, 0.1) is 11.8 Å². The fraction of sp³-hybridized carbons (Fsp3) is 0.429. The fourth-order valence-electron chi connectivity index (χ4n) is 2.85. The maximum Gasteiger partial charge on any atom is 0.234 e. The fourth-order valence-corrected chi connectivity index (χ4v) is 3.27. The molecule has 18 heavy (non-hydrogen) atoms. The third-order valence-electron chi connectivity index (χ3n) is 3.83. The first-order valence-corrected chi connectivity index (χ1v) is 7.03. The third-order valence-corrected chi connectivity index (χ3v) is 4.32. The molecule has 3 rings (SSSR count). The Hall–Kier alpha value is -1.16. The van der Waals surface area contributed by atoms with Crippen LogP contribution < -0.4 is 5.32 Å². The summed E-state index contributed by atoms with van der Waals surface area (Å²) in [6.07, 6.45) is 2.78. The highest BCUT2D eigenvalue weighted by Crippen LogP contribution is 2.47. The van der Waals surface area contributed by atoms with Crippen LogP contribution in [0.3, 0.4) is 0 Å². The molecule has 2 atom stereocenters. The summed E-state index contributed by atoms with van der Waals surface area (Å²) in [6.45, 7) is 0. The Kier molecular flexibility index (Phi) is 2.98. The van der Waals surface area contributed by atoms with Crippen LogP contribution >= 0.6 is 15.9 Å². The molecule has 94 valence electrons. The summed E-state index contributed by atoms with van der Waals surface area (Å²) in [5.41, 5.74) is 1.01. The van der Waals surface area contributed by atoms with Crippen molar-refractivity contribution in [3.63, 3.8) is 0 Å². The Morgan fingerprint density at radius 2 is 2.00 bits per heavy atom. The second kappa shape index (κ2) is 4.50. The molecule has 0 radical (unpaired) electrons. The number of rotatable bonds is 2. The van der Waals surface area contributed by atoms with Gasteiger partial charge < -0.3 is 0 Å². The number of imide groups is 1. The Balaban J connectivity index is 1.95. The molecule has 2 amide bonds. The zero-order chi connectivity index (χ0) is 12.7. The molecule has 4 heteroatoms. The van der Waals surface area contributed by atoms with Crippen LogP contribution in [0.2, 0.25) is 0 Å². The Morgan fingerprint density at radius 3 is 2.67 bits per heavy atom. The number of nitrogens with one attached hydrogen (secondary N) is 1. The van der Waals surface area contributed by atoms with Crippen molar-refractivity contribution in [3.8, 4) is 0 Å². The van der Waals surface area contributed by atoms with Crippen LogP contribution in [-0.4, -0.2) is 11.8 Å². The third kappa shape index (κ3) is 2.21. The molecule has 1 aliphatic carbocycles. The van der Waals surface area contributed by atoms with Crippen LogP contribution in [0.1, 0.15) is 30.7 Å². The van der Waals surface area contributed by atoms with Gasteiger partial charge >= 0.3 is 0 Å². The number of carbonyl (C=O) groups is 2. The molecular formula is C14H14BrNO2. The van der Waals surface area contributed by atoms with Crippen LogP contribution in [-0.2, 0) is 9.59 Å². The van der Waals surface area contributed by atoms with Gasteiger partial charge in [-0.25, -0.2) is 0 Å². The van der Waals surface area contributed by atoms with Crippen molar-refractivity contribution < 1.29 is 9.59 Å². The molecule has 2 aliphatic rings. The molecule has 3 nitrogen and oxygen atoms in total. The molecular weight excluding hydrogens is 294 g/mol. The minimum Gasteiger partial charge on any atom is -0.296 e. The lowest BCUT2D eigenvalue weighted by atomic mass is 9.78. The highest BCUT2D eigenvalue weighted by molar-refractivity contribution is 9.10. The van der Waals surface area contributed by atoms with Crippen LogP contribution in [0.4, 0.5) is 0 Å². The topological polar surface area (TPSA) is 46.2 Å². The van der Waals surface area contributed by atoms with Gasteiger partial charge in [0.05, 0.1) is 5.92 Å². The van der Waals surface area contributed by atoms with Crippen LogP contribution in [0.25, 0.3) is 0 Å². The van der Waals surface area contributed by atoms with E-state index in [0.717, 1.165) is 22.9 Å². The maximum absolute atomic E-state index is 12.1. The lowest BCUT2D eigenvalue weighted by molar-refractivity contribution is -0.136. The van der Waals surface area contributed by atoms with Crippen molar-refractivity contribution in [2.45, 2.75) is 25.2 Å². The first-order valence-electron chi connectivity index (χ1n) is 6.24. The first kappa shape index (κ1) is 11.9. The largest absolute Gasteiger partial charge is 0.296 e. The normalized spacial score (nSPS) is 28.1. The van der Waals surface area contributed by atoms with E-state index in [4.69, 9.17) is 0 Å². The van der Waals surface area contributed by atoms with Gasteiger partial charge in [0.1, 0.15) is 0 Å². The van der Waals surface area contributed by atoms with Gasteiger partial charge in [0, 0.05) is 10.9 Å². The predicted octanol–water partition coefficient (Wildman–Crippen LogP) is 2.61. The van der Waals surface area contributed by atoms with Crippen molar-refractivity contribution in [2.24, 2.45) is 11.8 Å². The number of halogens is 1. The first-order chi connectivity index (χ1) is 8.65. The lowest BCUT2D eigenvalue weighted by Crippen LogP contribution is -2.45. The highest BCUT2D eigenvalue weighted by atomic mass is 79.9. The van der Waals surface area contributed by atoms with Crippen molar-refractivity contribution in [3.05, 3.63) is 34.3 Å². The van der Waals surface area contributed by atoms with Gasteiger partial charge in [0.2, 0.25) is 11.8 Å². The van der Waals surface area contributed by atoms with Crippen LogP contribution in [0.5, 0.6) is 0 Å². The zero-order valence-electron chi connectivity index (χ0n) is 9.86. The average molecular weight is 308 g/mol. The molecule has 0 aromatic heterocycles. The van der Waals surface area contributed by atoms with Gasteiger partial charge in [-0.1, -0.05) is 28.1 Å². The molecule has 1 heterocycles. The standard InChI is InChI=1S/C14H14BrNO2/c15-10-3-1-2-9(6-10)13-11(8-4-5-8)7-12(17)16-14(13)18/h1-3,6,8,11,13H,4-5,7H2,(H,16,17,18). The van der Waals surface area contributed by atoms with Gasteiger partial charge in [-0.15, -0.1) is 0 Å². The second-order valence-electron chi connectivity index (χ2n) is 5.15. The van der Waals surface area contributed by atoms with E-state index in [9.17, 15) is 9.59 Å². The van der Waals surface area contributed by atoms with E-state index in [-0.39, 0.29) is 23.7 Å². The smallest absolute Gasteiger partial charge is 0.234 e. The Bertz CT molecular complexity index is 510. The summed E-state index contributed by atoms with van der Waals surface area (Å²) < 4.78 is 0.972. The summed E-state index contributed by atoms with van der Waals surface area (Å²) >= 11 is 3.43. The maximum atomic E-state index is 12.1. The second-order valence-corrected chi connectivity index (χ2v) is 6.07. The monoisotopic (exact) mass is 307 g/mol. The molecule has 1 aromatic rings. The van der Waals surface area contributed by atoms with Gasteiger partial charge in [-0.3, -0.25) is 14.9 Å². The number of hydrogen-bond donors (Lipinski definition) is 1. The van der Waals surface area contributed by atoms with E-state index in [1.807, 2.05) is 24.3 Å². The summed E-state index contributed by atoms with van der Waals surface area (Å²) in [5.74, 6) is 0.293. The molecule has 2 fully saturated rings. The molecule has 1 aliphatic heterocycles. The van der Waals surface area contributed by atoms with Gasteiger partial charge in [-0.05, 0) is 42.4 Å². The summed E-state index contributed by atoms with van der Waals surface area (Å²) in [4.78, 5) is 23.6. The number of piperidine rings is 1. The van der Waals surface area contributed by atoms with E-state index in [1.165, 1.54) is 0 Å². The summed E-state index contributed by atoms with van der Waals surface area (Å²) in [6, 6.07) is 7.84. The molecule has 1 N–H and O–H groups in total. The molecule has 1 aromatic carbocycles. The number of hydrogen-bond acceptors (Lipinski definition) is 2. The minimum atomic E-state index is -0.173. The zero-order valence-corrected chi connectivity index (χ0v) is 11.4. The number of benzene rings is 1. The van der Waals surface area contributed by atoms with Crippen LogP contribution in [0.15, 0.2) is 28.7 Å². The van der Waals surface area contributed by atoms with Crippen molar-refractivity contribution in [2.75, 3.05) is 0 Å². The van der Waals surface area contributed by atoms with Gasteiger partial charge in [-0.2, -0.15) is 0 Å². The predicted molar refractivity (Wildman–Crippen MR) is 70.9 cm³/mol. The number of amides is 2. The number of carbonyl (C=O) groups excluding carboxylic acids is 2. The molecule has 1 saturated carbocycles. The van der Waals surface area contributed by atoms with E-state index < -0.39 is 0 Å². The lowest BCUT2D eigenvalue weighted by Gasteiger charge is -2.30. The SMILES string of the molecule is O=C1CC(C2CC2)C(c2cccc(Br)c2)C(=O)N1. The molecule has 0 bridgehead atoms. The summed E-state index contributed by atoms with van der Waals surface area (Å²) in [5, 5.41) is 2.47. The quantitative estimate of drug-likeness (QED) is 0.854. The van der Waals surface area contributed by atoms with E-state index >= 15 is 0 Å². The van der Waals surface area contributed by atoms with E-state index in [2.05, 4.69) is 21.2 Å². The van der Waals surface area contributed by atoms with E-state index in [0.29, 0.717) is 12.3 Å². The van der Waals surface area contributed by atoms with Crippen molar-refractivity contribution in [1.29, 1.82) is 0 Å². The average Bonchev–Trinajstić information content (AvgIpc) is 3.11. The Labute approximate surface area is 114 Å². The van der Waals surface area contributed by atoms with Gasteiger partial charge in [0.15, 0.2) is 0 Å². The molecule has 1 saturated heterocycles. The minimum absolute atomic E-state index is 0.122. The molecule has 2 unspecified atom stereocenters. The van der Waals surface area contributed by atoms with E-state index in [1.54, 1.807) is 0 Å². The highest BCUT2D eigenvalue weighted by Gasteiger charge is 2.44. The molecule has 0 spiro atoms. The van der Waals surface area contributed by atoms with Gasteiger partial charge in [0.25, 0.3) is 0 Å². The van der Waals surface area contributed by atoms with Crippen molar-refractivity contribution in [1.82, 2.24) is 5.32 Å².